The van der Waals surface area contributed by atoms with E-state index in [9.17, 15) is 4.79 Å². The van der Waals surface area contributed by atoms with Gasteiger partial charge in [-0.05, 0) is 19.3 Å². The van der Waals surface area contributed by atoms with Crippen molar-refractivity contribution in [3.63, 3.8) is 0 Å². The highest BCUT2D eigenvalue weighted by atomic mass is 16.5. The van der Waals surface area contributed by atoms with Gasteiger partial charge in [-0.25, -0.2) is 0 Å². The van der Waals surface area contributed by atoms with Crippen molar-refractivity contribution in [1.82, 2.24) is 0 Å². The summed E-state index contributed by atoms with van der Waals surface area (Å²) in [5, 5.41) is 0. The largest absolute Gasteiger partial charge is 0.381 e. The zero-order valence-electron chi connectivity index (χ0n) is 11.2. The summed E-state index contributed by atoms with van der Waals surface area (Å²) >= 11 is 0. The molecule has 0 aromatic rings. The highest BCUT2D eigenvalue weighted by Crippen LogP contribution is 2.12. The SMILES string of the molecule is O=C1CCCCCCCCCCCOCCC1. The summed E-state index contributed by atoms with van der Waals surface area (Å²) in [5.74, 6) is 0.431. The first-order valence-corrected chi connectivity index (χ1v) is 7.49. The Morgan fingerprint density at radius 3 is 1.76 bits per heavy atom. The summed E-state index contributed by atoms with van der Waals surface area (Å²) < 4.78 is 5.53. The van der Waals surface area contributed by atoms with Crippen LogP contribution in [0, 0.1) is 0 Å². The van der Waals surface area contributed by atoms with E-state index in [1.807, 2.05) is 0 Å². The molecule has 100 valence electrons. The number of carbonyl (C=O) groups is 1. The third-order valence-electron chi connectivity index (χ3n) is 3.49. The van der Waals surface area contributed by atoms with E-state index in [1.165, 1.54) is 51.4 Å². The van der Waals surface area contributed by atoms with Crippen molar-refractivity contribution in [2.75, 3.05) is 13.2 Å². The molecule has 2 nitrogen and oxygen atoms in total. The van der Waals surface area contributed by atoms with Gasteiger partial charge in [-0.3, -0.25) is 4.79 Å². The minimum absolute atomic E-state index is 0.431. The van der Waals surface area contributed by atoms with Crippen LogP contribution in [-0.2, 0) is 9.53 Å². The zero-order chi connectivity index (χ0) is 12.2. The molecule has 1 saturated heterocycles. The van der Waals surface area contributed by atoms with Crippen LogP contribution in [0.5, 0.6) is 0 Å². The summed E-state index contributed by atoms with van der Waals surface area (Å²) in [6.45, 7) is 1.65. The minimum atomic E-state index is 0.431. The van der Waals surface area contributed by atoms with Gasteiger partial charge in [0.25, 0.3) is 0 Å². The molecule has 0 saturated carbocycles. The topological polar surface area (TPSA) is 26.3 Å². The van der Waals surface area contributed by atoms with Crippen molar-refractivity contribution in [2.24, 2.45) is 0 Å². The van der Waals surface area contributed by atoms with Crippen LogP contribution >= 0.6 is 0 Å². The predicted molar refractivity (Wildman–Crippen MR) is 71.2 cm³/mol. The Hall–Kier alpha value is -0.370. The molecule has 0 N–H and O–H groups in total. The minimum Gasteiger partial charge on any atom is -0.381 e. The smallest absolute Gasteiger partial charge is 0.132 e. The van der Waals surface area contributed by atoms with Crippen molar-refractivity contribution in [3.8, 4) is 0 Å². The van der Waals surface area contributed by atoms with Crippen molar-refractivity contribution in [1.29, 1.82) is 0 Å². The fourth-order valence-electron chi connectivity index (χ4n) is 2.36. The second kappa shape index (κ2) is 10.8. The molecule has 0 unspecified atom stereocenters. The molecule has 0 bridgehead atoms. The average Bonchev–Trinajstić information content (AvgIpc) is 2.32. The molecular formula is C15H28O2. The molecule has 0 aromatic carbocycles. The first kappa shape index (κ1) is 14.7. The van der Waals surface area contributed by atoms with Crippen LogP contribution in [0.1, 0.15) is 77.0 Å². The van der Waals surface area contributed by atoms with Crippen LogP contribution in [0.2, 0.25) is 0 Å². The van der Waals surface area contributed by atoms with E-state index in [0.29, 0.717) is 5.78 Å². The lowest BCUT2D eigenvalue weighted by Gasteiger charge is -2.06. The summed E-state index contributed by atoms with van der Waals surface area (Å²) in [6.07, 6.45) is 14.0. The van der Waals surface area contributed by atoms with Crippen LogP contribution in [0.3, 0.4) is 0 Å². The molecule has 1 aliphatic heterocycles. The molecule has 2 heteroatoms. The summed E-state index contributed by atoms with van der Waals surface area (Å²) in [5.41, 5.74) is 0. The molecule has 1 aliphatic rings. The Bertz CT molecular complexity index is 171. The van der Waals surface area contributed by atoms with E-state index in [2.05, 4.69) is 0 Å². The highest BCUT2D eigenvalue weighted by Gasteiger charge is 2.02. The van der Waals surface area contributed by atoms with Gasteiger partial charge in [-0.15, -0.1) is 0 Å². The molecular weight excluding hydrogens is 212 g/mol. The van der Waals surface area contributed by atoms with E-state index in [1.54, 1.807) is 0 Å². The van der Waals surface area contributed by atoms with Gasteiger partial charge >= 0.3 is 0 Å². The van der Waals surface area contributed by atoms with Crippen molar-refractivity contribution >= 4 is 5.78 Å². The Balaban J connectivity index is 2.11. The molecule has 1 rings (SSSR count). The van der Waals surface area contributed by atoms with Crippen molar-refractivity contribution in [3.05, 3.63) is 0 Å². The molecule has 0 amide bonds. The number of ketones is 1. The number of ether oxygens (including phenoxy) is 1. The third kappa shape index (κ3) is 9.34. The number of hydrogen-bond donors (Lipinski definition) is 0. The lowest BCUT2D eigenvalue weighted by molar-refractivity contribution is -0.119. The lowest BCUT2D eigenvalue weighted by Crippen LogP contribution is -2.03. The van der Waals surface area contributed by atoms with E-state index in [0.717, 1.165) is 38.9 Å². The van der Waals surface area contributed by atoms with Crippen molar-refractivity contribution in [2.45, 2.75) is 77.0 Å². The quantitative estimate of drug-likeness (QED) is 0.632. The fourth-order valence-corrected chi connectivity index (χ4v) is 2.36. The second-order valence-electron chi connectivity index (χ2n) is 5.19. The molecule has 1 heterocycles. The van der Waals surface area contributed by atoms with Crippen molar-refractivity contribution < 1.29 is 9.53 Å². The lowest BCUT2D eigenvalue weighted by atomic mass is 10.0. The third-order valence-corrected chi connectivity index (χ3v) is 3.49. The van der Waals surface area contributed by atoms with Gasteiger partial charge in [0, 0.05) is 26.1 Å². The Morgan fingerprint density at radius 1 is 0.588 bits per heavy atom. The van der Waals surface area contributed by atoms with Crippen LogP contribution in [0.4, 0.5) is 0 Å². The number of rotatable bonds is 0. The average molecular weight is 240 g/mol. The summed E-state index contributed by atoms with van der Waals surface area (Å²) in [7, 11) is 0. The Kier molecular flexibility index (Phi) is 9.30. The number of carbonyl (C=O) groups excluding carboxylic acids is 1. The van der Waals surface area contributed by atoms with E-state index >= 15 is 0 Å². The fraction of sp³-hybridized carbons (Fsp3) is 0.933. The first-order valence-electron chi connectivity index (χ1n) is 7.49. The molecule has 0 atom stereocenters. The normalized spacial score (nSPS) is 23.4. The van der Waals surface area contributed by atoms with E-state index in [-0.39, 0.29) is 0 Å². The van der Waals surface area contributed by atoms with Crippen LogP contribution in [0.25, 0.3) is 0 Å². The Labute approximate surface area is 106 Å². The van der Waals surface area contributed by atoms with Gasteiger partial charge in [-0.2, -0.15) is 0 Å². The van der Waals surface area contributed by atoms with Crippen LogP contribution in [-0.4, -0.2) is 19.0 Å². The second-order valence-corrected chi connectivity index (χ2v) is 5.19. The van der Waals surface area contributed by atoms with Crippen LogP contribution < -0.4 is 0 Å². The first-order chi connectivity index (χ1) is 8.39. The molecule has 0 aromatic heterocycles. The van der Waals surface area contributed by atoms with Gasteiger partial charge in [0.1, 0.15) is 5.78 Å². The summed E-state index contributed by atoms with van der Waals surface area (Å²) in [4.78, 5) is 11.5. The maximum Gasteiger partial charge on any atom is 0.132 e. The summed E-state index contributed by atoms with van der Waals surface area (Å²) in [6, 6.07) is 0. The van der Waals surface area contributed by atoms with Gasteiger partial charge < -0.3 is 4.74 Å². The van der Waals surface area contributed by atoms with Crippen LogP contribution in [0.15, 0.2) is 0 Å². The maximum atomic E-state index is 11.5. The maximum absolute atomic E-state index is 11.5. The van der Waals surface area contributed by atoms with Gasteiger partial charge in [0.05, 0.1) is 0 Å². The van der Waals surface area contributed by atoms with E-state index < -0.39 is 0 Å². The molecule has 0 spiro atoms. The van der Waals surface area contributed by atoms with Gasteiger partial charge in [0.15, 0.2) is 0 Å². The Morgan fingerprint density at radius 2 is 1.06 bits per heavy atom. The predicted octanol–water partition coefficient (Wildman–Crippen LogP) is 4.27. The monoisotopic (exact) mass is 240 g/mol. The van der Waals surface area contributed by atoms with Gasteiger partial charge in [0.2, 0.25) is 0 Å². The molecule has 1 fully saturated rings. The number of hydrogen-bond acceptors (Lipinski definition) is 2. The standard InChI is InChI=1S/C15H28O2/c16-15-11-8-6-4-2-1-3-5-7-9-13-17-14-10-12-15/h1-14H2. The highest BCUT2D eigenvalue weighted by molar-refractivity contribution is 5.78. The molecule has 0 radical (unpaired) electrons. The molecule has 0 aliphatic carbocycles. The zero-order valence-corrected chi connectivity index (χ0v) is 11.2. The van der Waals surface area contributed by atoms with Gasteiger partial charge in [-0.1, -0.05) is 44.9 Å². The van der Waals surface area contributed by atoms with E-state index in [4.69, 9.17) is 4.74 Å². The number of Topliss-reactive ketones (excluding diaryl/α,β-unsaturated/α-hetero) is 1. The molecule has 17 heavy (non-hydrogen) atoms.